The lowest BCUT2D eigenvalue weighted by Gasteiger charge is -2.42. The molecule has 0 bridgehead atoms. The lowest BCUT2D eigenvalue weighted by molar-refractivity contribution is -0.141. The molecule has 2 aliphatic rings. The van der Waals surface area contributed by atoms with Gasteiger partial charge in [-0.25, -0.2) is 15.0 Å². The van der Waals surface area contributed by atoms with Crippen LogP contribution in [0, 0.1) is 6.92 Å². The minimum atomic E-state index is -4.50. The zero-order chi connectivity index (χ0) is 21.6. The number of hydrogen-bond acceptors (Lipinski definition) is 8. The minimum Gasteiger partial charge on any atom is -0.355 e. The van der Waals surface area contributed by atoms with Crippen molar-refractivity contribution in [3.8, 4) is 0 Å². The van der Waals surface area contributed by atoms with Gasteiger partial charge in [0.2, 0.25) is 11.9 Å². The van der Waals surface area contributed by atoms with E-state index in [1.54, 1.807) is 19.0 Å². The number of rotatable bonds is 4. The zero-order valence-electron chi connectivity index (χ0n) is 16.7. The summed E-state index contributed by atoms with van der Waals surface area (Å²) < 4.78 is 37.9. The van der Waals surface area contributed by atoms with Crippen molar-refractivity contribution in [2.75, 3.05) is 41.1 Å². The maximum absolute atomic E-state index is 12.6. The summed E-state index contributed by atoms with van der Waals surface area (Å²) >= 11 is 0. The van der Waals surface area contributed by atoms with Crippen molar-refractivity contribution in [2.45, 2.75) is 38.0 Å². The van der Waals surface area contributed by atoms with E-state index < -0.39 is 11.9 Å². The van der Waals surface area contributed by atoms with Crippen LogP contribution in [0.25, 0.3) is 0 Å². The molecule has 1 fully saturated rings. The molecule has 0 saturated heterocycles. The minimum absolute atomic E-state index is 0.103. The monoisotopic (exact) mass is 422 g/mol. The second kappa shape index (κ2) is 7.26. The van der Waals surface area contributed by atoms with Crippen LogP contribution in [0.2, 0.25) is 0 Å². The Balaban J connectivity index is 1.38. The third-order valence-electron chi connectivity index (χ3n) is 5.36. The van der Waals surface area contributed by atoms with E-state index in [0.29, 0.717) is 29.0 Å². The first-order valence-corrected chi connectivity index (χ1v) is 9.40. The maximum atomic E-state index is 12.6. The van der Waals surface area contributed by atoms with Crippen molar-refractivity contribution in [2.24, 2.45) is 0 Å². The SMILES string of the molecule is Cc1nc(N[C@H]2C[C@H](N(C)c3cnc(C(F)(F)F)cn3)C2)nc2c1NC(=O)CN2C. The number of halogens is 3. The van der Waals surface area contributed by atoms with E-state index in [4.69, 9.17) is 0 Å². The summed E-state index contributed by atoms with van der Waals surface area (Å²) in [5.41, 5.74) is 0.288. The predicted molar refractivity (Wildman–Crippen MR) is 105 cm³/mol. The molecule has 0 aromatic carbocycles. The van der Waals surface area contributed by atoms with Crippen molar-refractivity contribution in [1.29, 1.82) is 0 Å². The van der Waals surface area contributed by atoms with Crippen molar-refractivity contribution >= 4 is 29.2 Å². The van der Waals surface area contributed by atoms with Crippen molar-refractivity contribution in [3.63, 3.8) is 0 Å². The van der Waals surface area contributed by atoms with Crippen LogP contribution in [0.4, 0.5) is 36.4 Å². The Morgan fingerprint density at radius 3 is 2.60 bits per heavy atom. The van der Waals surface area contributed by atoms with Gasteiger partial charge in [-0.2, -0.15) is 18.2 Å². The number of hydrogen-bond donors (Lipinski definition) is 2. The van der Waals surface area contributed by atoms with Gasteiger partial charge in [-0.1, -0.05) is 0 Å². The molecule has 2 N–H and O–H groups in total. The Hall–Kier alpha value is -3.18. The average Bonchev–Trinajstić information content (AvgIpc) is 2.64. The number of carbonyl (C=O) groups is 1. The van der Waals surface area contributed by atoms with E-state index in [-0.39, 0.29) is 24.5 Å². The molecule has 1 aliphatic heterocycles. The number of anilines is 4. The smallest absolute Gasteiger partial charge is 0.355 e. The van der Waals surface area contributed by atoms with Crippen molar-refractivity contribution in [1.82, 2.24) is 19.9 Å². The van der Waals surface area contributed by atoms with Crippen LogP contribution in [0.3, 0.4) is 0 Å². The van der Waals surface area contributed by atoms with E-state index >= 15 is 0 Å². The van der Waals surface area contributed by atoms with Gasteiger partial charge in [-0.15, -0.1) is 0 Å². The molecule has 3 heterocycles. The van der Waals surface area contributed by atoms with Gasteiger partial charge in [0.1, 0.15) is 11.5 Å². The topological polar surface area (TPSA) is 99.2 Å². The van der Waals surface area contributed by atoms with Crippen LogP contribution in [0.15, 0.2) is 12.4 Å². The number of amides is 1. The van der Waals surface area contributed by atoms with E-state index in [0.717, 1.165) is 25.2 Å². The summed E-state index contributed by atoms with van der Waals surface area (Å²) in [6, 6.07) is 0.245. The van der Waals surface area contributed by atoms with Crippen LogP contribution in [-0.4, -0.2) is 58.6 Å². The van der Waals surface area contributed by atoms with Gasteiger partial charge in [-0.3, -0.25) is 4.79 Å². The second-order valence-electron chi connectivity index (χ2n) is 7.57. The van der Waals surface area contributed by atoms with Crippen LogP contribution in [0.5, 0.6) is 0 Å². The lowest BCUT2D eigenvalue weighted by Crippen LogP contribution is -2.49. The number of carbonyl (C=O) groups excluding carboxylic acids is 1. The summed E-state index contributed by atoms with van der Waals surface area (Å²) in [5.74, 6) is 1.44. The van der Waals surface area contributed by atoms with Gasteiger partial charge in [0, 0.05) is 26.2 Å². The highest BCUT2D eigenvalue weighted by Crippen LogP contribution is 2.33. The molecule has 9 nitrogen and oxygen atoms in total. The molecule has 0 unspecified atom stereocenters. The fourth-order valence-corrected chi connectivity index (χ4v) is 3.56. The van der Waals surface area contributed by atoms with Crippen LogP contribution in [-0.2, 0) is 11.0 Å². The molecule has 0 radical (unpaired) electrons. The van der Waals surface area contributed by atoms with Crippen LogP contribution < -0.4 is 20.4 Å². The number of fused-ring (bicyclic) bond motifs is 1. The van der Waals surface area contributed by atoms with Gasteiger partial charge in [0.25, 0.3) is 0 Å². The molecular formula is C18H21F3N8O. The highest BCUT2D eigenvalue weighted by molar-refractivity contribution is 6.00. The third-order valence-corrected chi connectivity index (χ3v) is 5.36. The number of aryl methyl sites for hydroxylation is 1. The molecule has 30 heavy (non-hydrogen) atoms. The number of nitrogens with one attached hydrogen (secondary N) is 2. The van der Waals surface area contributed by atoms with Gasteiger partial charge >= 0.3 is 6.18 Å². The van der Waals surface area contributed by atoms with Gasteiger partial charge in [-0.05, 0) is 19.8 Å². The average molecular weight is 422 g/mol. The Labute approximate surface area is 170 Å². The van der Waals surface area contributed by atoms with Gasteiger partial charge in [0.15, 0.2) is 11.5 Å². The normalized spacial score (nSPS) is 20.9. The molecule has 1 saturated carbocycles. The third kappa shape index (κ3) is 3.81. The van der Waals surface area contributed by atoms with Crippen molar-refractivity contribution < 1.29 is 18.0 Å². The number of alkyl halides is 3. The molecule has 4 rings (SSSR count). The Morgan fingerprint density at radius 2 is 1.97 bits per heavy atom. The molecule has 1 aliphatic carbocycles. The first-order chi connectivity index (χ1) is 14.1. The number of aromatic nitrogens is 4. The van der Waals surface area contributed by atoms with Crippen LogP contribution >= 0.6 is 0 Å². The van der Waals surface area contributed by atoms with Gasteiger partial charge < -0.3 is 20.4 Å². The standard InChI is InChI=1S/C18H21F3N8O/c1-9-15-16(28(2)8-14(30)26-15)27-17(24-9)25-10-4-11(5-10)29(3)13-7-22-12(6-23-13)18(19,20)21/h6-7,10-11H,4-5,8H2,1-3H3,(H,26,30)(H,24,25,27)/t10-,11-. The summed E-state index contributed by atoms with van der Waals surface area (Å²) in [6.07, 6.45) is -1.10. The first-order valence-electron chi connectivity index (χ1n) is 9.40. The molecule has 1 amide bonds. The molecule has 2 aromatic heterocycles. The van der Waals surface area contributed by atoms with E-state index in [1.165, 1.54) is 0 Å². The highest BCUT2D eigenvalue weighted by atomic mass is 19.4. The first kappa shape index (κ1) is 20.1. The van der Waals surface area contributed by atoms with Crippen LogP contribution in [0.1, 0.15) is 24.2 Å². The quantitative estimate of drug-likeness (QED) is 0.773. The summed E-state index contributed by atoms with van der Waals surface area (Å²) in [5, 5.41) is 6.09. The summed E-state index contributed by atoms with van der Waals surface area (Å²) in [4.78, 5) is 31.6. The highest BCUT2D eigenvalue weighted by Gasteiger charge is 2.36. The molecule has 12 heteroatoms. The molecular weight excluding hydrogens is 401 g/mol. The Bertz CT molecular complexity index is 959. The molecule has 2 aromatic rings. The largest absolute Gasteiger partial charge is 0.434 e. The van der Waals surface area contributed by atoms with E-state index in [9.17, 15) is 18.0 Å². The Kier molecular flexibility index (Phi) is 4.86. The predicted octanol–water partition coefficient (Wildman–Crippen LogP) is 2.06. The maximum Gasteiger partial charge on any atom is 0.434 e. The fraction of sp³-hybridized carbons (Fsp3) is 0.500. The van der Waals surface area contributed by atoms with E-state index in [2.05, 4.69) is 30.6 Å². The summed E-state index contributed by atoms with van der Waals surface area (Å²) in [6.45, 7) is 2.04. The molecule has 0 spiro atoms. The lowest BCUT2D eigenvalue weighted by atomic mass is 9.86. The Morgan fingerprint density at radius 1 is 1.23 bits per heavy atom. The van der Waals surface area contributed by atoms with Crippen molar-refractivity contribution in [3.05, 3.63) is 23.8 Å². The zero-order valence-corrected chi connectivity index (χ0v) is 16.7. The fourth-order valence-electron chi connectivity index (χ4n) is 3.56. The molecule has 160 valence electrons. The molecule has 0 atom stereocenters. The second-order valence-corrected chi connectivity index (χ2v) is 7.57. The number of nitrogens with zero attached hydrogens (tertiary/aromatic N) is 6. The van der Waals surface area contributed by atoms with E-state index in [1.807, 2.05) is 11.8 Å². The van der Waals surface area contributed by atoms with Gasteiger partial charge in [0.05, 0.1) is 24.6 Å². The number of likely N-dealkylation sites (N-methyl/N-ethyl adjacent to an activating group) is 1. The summed E-state index contributed by atoms with van der Waals surface area (Å²) in [7, 11) is 3.59.